The van der Waals surface area contributed by atoms with E-state index in [1.807, 2.05) is 6.92 Å². The summed E-state index contributed by atoms with van der Waals surface area (Å²) in [6.45, 7) is 2.68. The van der Waals surface area contributed by atoms with Crippen molar-refractivity contribution in [3.63, 3.8) is 0 Å². The van der Waals surface area contributed by atoms with Crippen molar-refractivity contribution in [3.05, 3.63) is 11.0 Å². The van der Waals surface area contributed by atoms with Gasteiger partial charge in [-0.2, -0.15) is 4.98 Å². The topological polar surface area (TPSA) is 72.5 Å². The van der Waals surface area contributed by atoms with Crippen molar-refractivity contribution in [3.8, 4) is 0 Å². The fourth-order valence-electron chi connectivity index (χ4n) is 1.24. The molecule has 0 bridgehead atoms. The predicted octanol–water partition coefficient (Wildman–Crippen LogP) is 1.09. The van der Waals surface area contributed by atoms with Gasteiger partial charge in [-0.05, 0) is 6.92 Å². The summed E-state index contributed by atoms with van der Waals surface area (Å²) < 4.78 is 2.41. The Labute approximate surface area is 79.6 Å². The highest BCUT2D eigenvalue weighted by molar-refractivity contribution is 7.71. The summed E-state index contributed by atoms with van der Waals surface area (Å²) in [5.41, 5.74) is 7.03. The zero-order valence-corrected chi connectivity index (χ0v) is 7.93. The van der Waals surface area contributed by atoms with E-state index in [2.05, 4.69) is 15.0 Å². The molecule has 0 amide bonds. The van der Waals surface area contributed by atoms with Crippen molar-refractivity contribution in [2.45, 2.75) is 13.5 Å². The number of aromatic nitrogens is 4. The van der Waals surface area contributed by atoms with E-state index in [1.165, 1.54) is 0 Å². The maximum Gasteiger partial charge on any atom is 0.203 e. The Kier molecular flexibility index (Phi) is 1.77. The molecule has 6 heteroatoms. The lowest BCUT2D eigenvalue weighted by Crippen LogP contribution is -2.08. The first-order valence-corrected chi connectivity index (χ1v) is 4.34. The van der Waals surface area contributed by atoms with Crippen LogP contribution in [-0.4, -0.2) is 19.5 Å². The summed E-state index contributed by atoms with van der Waals surface area (Å²) in [5, 5.41) is 0. The van der Waals surface area contributed by atoms with Gasteiger partial charge >= 0.3 is 0 Å². The lowest BCUT2D eigenvalue weighted by molar-refractivity contribution is 0.746. The Morgan fingerprint density at radius 2 is 2.46 bits per heavy atom. The quantitative estimate of drug-likeness (QED) is 0.668. The number of hydrogen-bond donors (Lipinski definition) is 2. The fourth-order valence-corrected chi connectivity index (χ4v) is 1.62. The van der Waals surface area contributed by atoms with Gasteiger partial charge in [-0.3, -0.25) is 0 Å². The highest BCUT2D eigenvalue weighted by atomic mass is 32.1. The molecule has 0 fully saturated rings. The number of nitrogens with zero attached hydrogens (tertiary/aromatic N) is 3. The van der Waals surface area contributed by atoms with Gasteiger partial charge in [-0.1, -0.05) is 12.2 Å². The highest BCUT2D eigenvalue weighted by Gasteiger charge is 2.05. The van der Waals surface area contributed by atoms with Crippen molar-refractivity contribution < 1.29 is 0 Å². The van der Waals surface area contributed by atoms with Crippen LogP contribution in [0.3, 0.4) is 0 Å². The van der Waals surface area contributed by atoms with E-state index in [0.29, 0.717) is 22.8 Å². The summed E-state index contributed by atoms with van der Waals surface area (Å²) in [6.07, 6.45) is 1.56. The molecule has 0 aliphatic carbocycles. The summed E-state index contributed by atoms with van der Waals surface area (Å²) >= 11 is 5.21. The molecule has 2 heterocycles. The van der Waals surface area contributed by atoms with Crippen LogP contribution in [0, 0.1) is 4.64 Å². The van der Waals surface area contributed by atoms with E-state index in [9.17, 15) is 0 Å². The molecule has 0 aliphatic rings. The van der Waals surface area contributed by atoms with Crippen LogP contribution in [0.1, 0.15) is 6.92 Å². The smallest absolute Gasteiger partial charge is 0.203 e. The molecule has 2 aromatic heterocycles. The van der Waals surface area contributed by atoms with E-state index >= 15 is 0 Å². The Bertz CT molecular complexity index is 497. The van der Waals surface area contributed by atoms with Gasteiger partial charge in [0.1, 0.15) is 10.2 Å². The number of anilines is 1. The second-order valence-electron chi connectivity index (χ2n) is 2.62. The van der Waals surface area contributed by atoms with Gasteiger partial charge in [-0.15, -0.1) is 0 Å². The third kappa shape index (κ3) is 1.10. The number of imidazole rings is 1. The predicted molar refractivity (Wildman–Crippen MR) is 52.8 cm³/mol. The minimum absolute atomic E-state index is 0.409. The average molecular weight is 195 g/mol. The third-order valence-electron chi connectivity index (χ3n) is 1.89. The molecule has 0 unspecified atom stereocenters. The molecule has 13 heavy (non-hydrogen) atoms. The first-order chi connectivity index (χ1) is 6.24. The molecule has 0 aliphatic heterocycles. The average Bonchev–Trinajstić information content (AvgIpc) is 2.53. The van der Waals surface area contributed by atoms with Crippen LogP contribution in [0.15, 0.2) is 6.33 Å². The van der Waals surface area contributed by atoms with E-state index < -0.39 is 0 Å². The van der Waals surface area contributed by atoms with Gasteiger partial charge < -0.3 is 15.3 Å². The van der Waals surface area contributed by atoms with Crippen LogP contribution >= 0.6 is 12.2 Å². The number of H-pyrrole nitrogens is 1. The second-order valence-corrected chi connectivity index (χ2v) is 3.01. The van der Waals surface area contributed by atoms with Crippen LogP contribution < -0.4 is 5.73 Å². The normalized spacial score (nSPS) is 10.8. The van der Waals surface area contributed by atoms with Gasteiger partial charge in [-0.25, -0.2) is 4.98 Å². The van der Waals surface area contributed by atoms with E-state index in [4.69, 9.17) is 18.0 Å². The maximum absolute atomic E-state index is 5.69. The molecular formula is C7H9N5S. The minimum Gasteiger partial charge on any atom is -0.369 e. The van der Waals surface area contributed by atoms with Crippen molar-refractivity contribution >= 4 is 29.3 Å². The maximum atomic E-state index is 5.69. The number of fused-ring (bicyclic) bond motifs is 1. The number of hydrogen-bond acceptors (Lipinski definition) is 4. The third-order valence-corrected chi connectivity index (χ3v) is 2.32. The van der Waals surface area contributed by atoms with Gasteiger partial charge in [0.25, 0.3) is 0 Å². The lowest BCUT2D eigenvalue weighted by atomic mass is 10.5. The molecule has 0 saturated heterocycles. The van der Waals surface area contributed by atoms with Crippen LogP contribution in [0.2, 0.25) is 0 Å². The van der Waals surface area contributed by atoms with Crippen LogP contribution in [0.25, 0.3) is 11.2 Å². The molecular weight excluding hydrogens is 186 g/mol. The van der Waals surface area contributed by atoms with Crippen LogP contribution in [0.5, 0.6) is 0 Å². The standard InChI is InChI=1S/C7H9N5S/c1-2-12-6(13)4-5(10-3-9-4)11-7(12)8/h3H,2H2,1H3,(H2,8,11)(H,9,10). The van der Waals surface area contributed by atoms with Crippen molar-refractivity contribution in [1.82, 2.24) is 19.5 Å². The molecule has 2 rings (SSSR count). The van der Waals surface area contributed by atoms with E-state index in [1.54, 1.807) is 10.9 Å². The molecule has 0 spiro atoms. The molecule has 0 atom stereocenters. The number of nitrogen functional groups attached to an aromatic ring is 1. The Hall–Kier alpha value is -1.43. The molecule has 2 aromatic rings. The van der Waals surface area contributed by atoms with Crippen molar-refractivity contribution in [2.24, 2.45) is 0 Å². The number of nitrogens with one attached hydrogen (secondary N) is 1. The zero-order chi connectivity index (χ0) is 9.42. The number of nitrogens with two attached hydrogens (primary N) is 1. The van der Waals surface area contributed by atoms with Gasteiger partial charge in [0.2, 0.25) is 5.95 Å². The Balaban J connectivity index is 2.93. The summed E-state index contributed by atoms with van der Waals surface area (Å²) in [4.78, 5) is 11.0. The van der Waals surface area contributed by atoms with E-state index in [-0.39, 0.29) is 0 Å². The van der Waals surface area contributed by atoms with Gasteiger partial charge in [0.15, 0.2) is 5.65 Å². The number of rotatable bonds is 1. The molecule has 0 radical (unpaired) electrons. The molecule has 5 nitrogen and oxygen atoms in total. The zero-order valence-electron chi connectivity index (χ0n) is 7.11. The van der Waals surface area contributed by atoms with E-state index in [0.717, 1.165) is 5.52 Å². The minimum atomic E-state index is 0.409. The Morgan fingerprint density at radius 3 is 3.15 bits per heavy atom. The lowest BCUT2D eigenvalue weighted by Gasteiger charge is -2.05. The molecule has 3 N–H and O–H groups in total. The summed E-state index contributed by atoms with van der Waals surface area (Å²) in [5.74, 6) is 0.409. The van der Waals surface area contributed by atoms with Crippen molar-refractivity contribution in [2.75, 3.05) is 5.73 Å². The van der Waals surface area contributed by atoms with Crippen LogP contribution in [-0.2, 0) is 6.54 Å². The van der Waals surface area contributed by atoms with Gasteiger partial charge in [0, 0.05) is 6.54 Å². The first-order valence-electron chi connectivity index (χ1n) is 3.93. The molecule has 0 saturated carbocycles. The van der Waals surface area contributed by atoms with Gasteiger partial charge in [0.05, 0.1) is 6.33 Å². The molecule has 0 aromatic carbocycles. The summed E-state index contributed by atoms with van der Waals surface area (Å²) in [6, 6.07) is 0. The molecule has 68 valence electrons. The van der Waals surface area contributed by atoms with Crippen LogP contribution in [0.4, 0.5) is 5.95 Å². The number of aromatic amines is 1. The first kappa shape index (κ1) is 8.18. The SMILES string of the molecule is CCn1c(N)nc2nc[nH]c2c1=S. The second kappa shape index (κ2) is 2.81. The largest absolute Gasteiger partial charge is 0.369 e. The monoisotopic (exact) mass is 195 g/mol. The summed E-state index contributed by atoms with van der Waals surface area (Å²) in [7, 11) is 0. The highest BCUT2D eigenvalue weighted by Crippen LogP contribution is 2.11. The van der Waals surface area contributed by atoms with Crippen molar-refractivity contribution in [1.29, 1.82) is 0 Å². The Morgan fingerprint density at radius 1 is 1.69 bits per heavy atom. The fraction of sp³-hybridized carbons (Fsp3) is 0.286.